The van der Waals surface area contributed by atoms with Crippen LogP contribution in [0.3, 0.4) is 0 Å². The van der Waals surface area contributed by atoms with Crippen LogP contribution in [0.2, 0.25) is 0 Å². The van der Waals surface area contributed by atoms with Gasteiger partial charge in [0.05, 0.1) is 18.1 Å². The van der Waals surface area contributed by atoms with Crippen LogP contribution in [0.4, 0.5) is 0 Å². The van der Waals surface area contributed by atoms with Crippen LogP contribution in [-0.4, -0.2) is 62.6 Å². The van der Waals surface area contributed by atoms with E-state index in [0.717, 1.165) is 0 Å². The van der Waals surface area contributed by atoms with Crippen LogP contribution in [0.25, 0.3) is 6.08 Å². The van der Waals surface area contributed by atoms with Gasteiger partial charge in [0.1, 0.15) is 6.04 Å². The molecule has 1 aliphatic rings. The molecule has 0 unspecified atom stereocenters. The van der Waals surface area contributed by atoms with Crippen LogP contribution in [-0.2, 0) is 30.8 Å². The number of hydrogen-bond acceptors (Lipinski definition) is 5. The van der Waals surface area contributed by atoms with Gasteiger partial charge < -0.3 is 14.7 Å². The Morgan fingerprint density at radius 1 is 1.06 bits per heavy atom. The highest BCUT2D eigenvalue weighted by atomic mass is 32.2. The third-order valence-electron chi connectivity index (χ3n) is 4.81. The first-order valence-electron chi connectivity index (χ1n) is 9.79. The lowest BCUT2D eigenvalue weighted by molar-refractivity contribution is -0.139. The van der Waals surface area contributed by atoms with Crippen molar-refractivity contribution in [1.82, 2.24) is 9.62 Å². The maximum Gasteiger partial charge on any atom is 0.322 e. The summed E-state index contributed by atoms with van der Waals surface area (Å²) >= 11 is 0. The summed E-state index contributed by atoms with van der Waals surface area (Å²) in [6.45, 7) is 2.11. The average molecular weight is 445 g/mol. The van der Waals surface area contributed by atoms with Crippen LogP contribution < -0.4 is 4.72 Å². The number of nitrogens with one attached hydrogen (secondary N) is 1. The molecule has 0 radical (unpaired) electrons. The summed E-state index contributed by atoms with van der Waals surface area (Å²) in [5.41, 5.74) is 1.36. The third-order valence-corrected chi connectivity index (χ3v) is 6.30. The molecular weight excluding hydrogens is 420 g/mol. The van der Waals surface area contributed by atoms with Crippen LogP contribution in [0.1, 0.15) is 11.1 Å². The lowest BCUT2D eigenvalue weighted by Crippen LogP contribution is -2.42. The molecule has 0 aliphatic carbocycles. The SMILES string of the molecule is O=C(O)[C@H](Cc1ccccc1)NS(=O)(=O)c1ccc(/C=C/C(=O)N2CCOCC2)cc1. The molecule has 0 aromatic heterocycles. The second-order valence-corrected chi connectivity index (χ2v) is 8.76. The Morgan fingerprint density at radius 2 is 1.71 bits per heavy atom. The molecule has 2 aromatic carbocycles. The minimum atomic E-state index is -4.03. The lowest BCUT2D eigenvalue weighted by Gasteiger charge is -2.25. The second-order valence-electron chi connectivity index (χ2n) is 7.04. The summed E-state index contributed by atoms with van der Waals surface area (Å²) in [6.07, 6.45) is 3.07. The highest BCUT2D eigenvalue weighted by molar-refractivity contribution is 7.89. The van der Waals surface area contributed by atoms with Gasteiger partial charge in [-0.25, -0.2) is 8.42 Å². The standard InChI is InChI=1S/C22H24N2O6S/c25-21(24-12-14-30-15-13-24)11-8-17-6-9-19(10-7-17)31(28,29)23-20(22(26)27)16-18-4-2-1-3-5-18/h1-11,20,23H,12-16H2,(H,26,27)/b11-8+/t20-/m0/s1. The van der Waals surface area contributed by atoms with E-state index in [1.807, 2.05) is 0 Å². The third kappa shape index (κ3) is 6.48. The molecule has 2 N–H and O–H groups in total. The van der Waals surface area contributed by atoms with Gasteiger partial charge in [-0.05, 0) is 35.8 Å². The number of morpholine rings is 1. The van der Waals surface area contributed by atoms with Crippen LogP contribution >= 0.6 is 0 Å². The molecule has 1 heterocycles. The molecule has 164 valence electrons. The molecule has 0 spiro atoms. The van der Waals surface area contributed by atoms with E-state index >= 15 is 0 Å². The topological polar surface area (TPSA) is 113 Å². The van der Waals surface area contributed by atoms with Crippen LogP contribution in [0.5, 0.6) is 0 Å². The number of carbonyl (C=O) groups is 2. The van der Waals surface area contributed by atoms with Gasteiger partial charge in [0, 0.05) is 19.2 Å². The van der Waals surface area contributed by atoms with Crippen molar-refractivity contribution < 1.29 is 27.9 Å². The summed E-state index contributed by atoms with van der Waals surface area (Å²) in [5.74, 6) is -1.39. The zero-order valence-corrected chi connectivity index (χ0v) is 17.6. The van der Waals surface area contributed by atoms with Crippen LogP contribution in [0.15, 0.2) is 65.6 Å². The first-order valence-corrected chi connectivity index (χ1v) is 11.3. The number of hydrogen-bond donors (Lipinski definition) is 2. The van der Waals surface area contributed by atoms with E-state index in [4.69, 9.17) is 4.74 Å². The molecular formula is C22H24N2O6S. The molecule has 0 bridgehead atoms. The van der Waals surface area contributed by atoms with Crippen molar-refractivity contribution in [2.24, 2.45) is 0 Å². The van der Waals surface area contributed by atoms with E-state index < -0.39 is 22.0 Å². The molecule has 2 aromatic rings. The lowest BCUT2D eigenvalue weighted by atomic mass is 10.1. The molecule has 0 saturated carbocycles. The first kappa shape index (κ1) is 22.7. The average Bonchev–Trinajstić information content (AvgIpc) is 2.78. The molecule has 1 fully saturated rings. The van der Waals surface area contributed by atoms with Crippen molar-refractivity contribution in [2.45, 2.75) is 17.4 Å². The number of rotatable bonds is 8. The Labute approximate surface area is 181 Å². The van der Waals surface area contributed by atoms with Gasteiger partial charge in [0.15, 0.2) is 0 Å². The number of sulfonamides is 1. The molecule has 31 heavy (non-hydrogen) atoms. The van der Waals surface area contributed by atoms with Gasteiger partial charge in [-0.1, -0.05) is 42.5 Å². The maximum absolute atomic E-state index is 12.7. The zero-order valence-electron chi connectivity index (χ0n) is 16.8. The summed E-state index contributed by atoms with van der Waals surface area (Å²) in [7, 11) is -4.03. The molecule has 9 heteroatoms. The van der Waals surface area contributed by atoms with Crippen LogP contribution in [0, 0.1) is 0 Å². The first-order chi connectivity index (χ1) is 14.8. The smallest absolute Gasteiger partial charge is 0.322 e. The van der Waals surface area contributed by atoms with Gasteiger partial charge in [-0.2, -0.15) is 4.72 Å². The number of aliphatic carboxylic acids is 1. The molecule has 1 saturated heterocycles. The Bertz CT molecular complexity index is 1030. The summed E-state index contributed by atoms with van der Waals surface area (Å²) in [4.78, 5) is 25.4. The summed E-state index contributed by atoms with van der Waals surface area (Å²) in [5, 5.41) is 9.44. The number of carboxylic acid groups (broad SMARTS) is 1. The largest absolute Gasteiger partial charge is 0.480 e. The minimum absolute atomic E-state index is 0.0277. The van der Waals surface area contributed by atoms with Crippen molar-refractivity contribution in [2.75, 3.05) is 26.3 Å². The van der Waals surface area contributed by atoms with Crippen molar-refractivity contribution in [3.63, 3.8) is 0 Å². The van der Waals surface area contributed by atoms with E-state index in [-0.39, 0.29) is 17.2 Å². The Balaban J connectivity index is 1.66. The number of ether oxygens (including phenoxy) is 1. The molecule has 3 rings (SSSR count). The number of carbonyl (C=O) groups excluding carboxylic acids is 1. The fourth-order valence-corrected chi connectivity index (χ4v) is 4.29. The summed E-state index contributed by atoms with van der Waals surface area (Å²) < 4.78 is 32.8. The van der Waals surface area contributed by atoms with E-state index in [0.29, 0.717) is 37.4 Å². The predicted molar refractivity (Wildman–Crippen MR) is 115 cm³/mol. The number of nitrogens with zero attached hydrogens (tertiary/aromatic N) is 1. The van der Waals surface area contributed by atoms with E-state index in [2.05, 4.69) is 4.72 Å². The quantitative estimate of drug-likeness (QED) is 0.597. The van der Waals surface area contributed by atoms with Gasteiger partial charge in [0.2, 0.25) is 15.9 Å². The van der Waals surface area contributed by atoms with E-state index in [1.54, 1.807) is 53.4 Å². The highest BCUT2D eigenvalue weighted by Crippen LogP contribution is 2.14. The predicted octanol–water partition coefficient (Wildman–Crippen LogP) is 1.53. The normalized spacial score (nSPS) is 15.7. The second kappa shape index (κ2) is 10.3. The Morgan fingerprint density at radius 3 is 2.32 bits per heavy atom. The van der Waals surface area contributed by atoms with Gasteiger partial charge in [0.25, 0.3) is 0 Å². The van der Waals surface area contributed by atoms with Gasteiger partial charge >= 0.3 is 5.97 Å². The Kier molecular flexibility index (Phi) is 7.56. The highest BCUT2D eigenvalue weighted by Gasteiger charge is 2.25. The minimum Gasteiger partial charge on any atom is -0.480 e. The van der Waals surface area contributed by atoms with Gasteiger partial charge in [-0.3, -0.25) is 9.59 Å². The monoisotopic (exact) mass is 444 g/mol. The van der Waals surface area contributed by atoms with Crippen molar-refractivity contribution >= 4 is 28.0 Å². The zero-order chi connectivity index (χ0) is 22.3. The maximum atomic E-state index is 12.7. The van der Waals surface area contributed by atoms with Crippen molar-refractivity contribution in [1.29, 1.82) is 0 Å². The number of amides is 1. The fourth-order valence-electron chi connectivity index (χ4n) is 3.10. The Hall–Kier alpha value is -3.01. The van der Waals surface area contributed by atoms with Gasteiger partial charge in [-0.15, -0.1) is 0 Å². The number of carboxylic acids is 1. The fraction of sp³-hybridized carbons (Fsp3) is 0.273. The molecule has 1 atom stereocenters. The van der Waals surface area contributed by atoms with Crippen molar-refractivity contribution in [3.8, 4) is 0 Å². The summed E-state index contributed by atoms with van der Waals surface area (Å²) in [6, 6.07) is 13.4. The molecule has 8 nitrogen and oxygen atoms in total. The van der Waals surface area contributed by atoms with E-state index in [9.17, 15) is 23.1 Å². The van der Waals surface area contributed by atoms with E-state index in [1.165, 1.54) is 18.2 Å². The van der Waals surface area contributed by atoms with Crippen molar-refractivity contribution in [3.05, 3.63) is 71.8 Å². The number of benzene rings is 2. The molecule has 1 amide bonds. The molecule has 1 aliphatic heterocycles.